The molecule has 0 saturated heterocycles. The van der Waals surface area contributed by atoms with Crippen LogP contribution in [0.1, 0.15) is 21.7 Å². The van der Waals surface area contributed by atoms with Crippen LogP contribution in [0.2, 0.25) is 0 Å². The lowest BCUT2D eigenvalue weighted by Gasteiger charge is -1.99. The molecule has 3 aromatic rings. The van der Waals surface area contributed by atoms with Crippen LogP contribution in [0, 0.1) is 0 Å². The Hall–Kier alpha value is -2.01. The van der Waals surface area contributed by atoms with Gasteiger partial charge in [-0.25, -0.2) is 9.50 Å². The van der Waals surface area contributed by atoms with Crippen molar-refractivity contribution in [3.63, 3.8) is 0 Å². The van der Waals surface area contributed by atoms with Gasteiger partial charge in [-0.15, -0.1) is 0 Å². The molecular formula is C14H10BrN3O. The van der Waals surface area contributed by atoms with E-state index in [1.807, 2.05) is 24.3 Å². The number of aldehydes is 1. The molecule has 0 spiro atoms. The average molecular weight is 316 g/mol. The molecule has 0 N–H and O–H groups in total. The molecule has 4 nitrogen and oxygen atoms in total. The number of hydrogen-bond donors (Lipinski definition) is 0. The van der Waals surface area contributed by atoms with Crippen molar-refractivity contribution in [3.8, 4) is 0 Å². The minimum absolute atomic E-state index is 0.549. The van der Waals surface area contributed by atoms with Gasteiger partial charge < -0.3 is 0 Å². The summed E-state index contributed by atoms with van der Waals surface area (Å²) in [5, 5.41) is 4.38. The summed E-state index contributed by atoms with van der Waals surface area (Å²) in [6.07, 6.45) is 3.21. The largest absolute Gasteiger partial charge is 0.298 e. The third kappa shape index (κ3) is 2.29. The van der Waals surface area contributed by atoms with Crippen molar-refractivity contribution in [1.82, 2.24) is 14.6 Å². The second kappa shape index (κ2) is 4.93. The van der Waals surface area contributed by atoms with Crippen LogP contribution in [-0.4, -0.2) is 20.9 Å². The molecule has 1 aromatic carbocycles. The molecule has 0 bridgehead atoms. The molecule has 0 radical (unpaired) electrons. The number of halogens is 1. The molecule has 0 aliphatic rings. The van der Waals surface area contributed by atoms with Gasteiger partial charge in [0.1, 0.15) is 0 Å². The minimum atomic E-state index is 0.549. The van der Waals surface area contributed by atoms with Crippen molar-refractivity contribution in [2.24, 2.45) is 0 Å². The number of benzene rings is 1. The molecule has 0 unspecified atom stereocenters. The summed E-state index contributed by atoms with van der Waals surface area (Å²) in [4.78, 5) is 15.4. The maximum Gasteiger partial charge on any atom is 0.166 e. The molecule has 5 heteroatoms. The number of rotatable bonds is 3. The summed E-state index contributed by atoms with van der Waals surface area (Å²) in [5.41, 5.74) is 2.26. The van der Waals surface area contributed by atoms with Crippen LogP contribution >= 0.6 is 15.9 Å². The fraction of sp³-hybridized carbons (Fsp3) is 0.0714. The molecule has 0 saturated carbocycles. The van der Waals surface area contributed by atoms with E-state index >= 15 is 0 Å². The molecule has 0 aliphatic carbocycles. The highest BCUT2D eigenvalue weighted by Crippen LogP contribution is 2.18. The molecule has 3 rings (SSSR count). The number of fused-ring (bicyclic) bond motifs is 1. The van der Waals surface area contributed by atoms with E-state index in [1.54, 1.807) is 22.8 Å². The van der Waals surface area contributed by atoms with Gasteiger partial charge in [-0.05, 0) is 23.8 Å². The van der Waals surface area contributed by atoms with Crippen LogP contribution in [0.3, 0.4) is 0 Å². The second-order valence-electron chi connectivity index (χ2n) is 4.15. The fourth-order valence-corrected chi connectivity index (χ4v) is 2.38. The second-order valence-corrected chi connectivity index (χ2v) is 5.00. The molecule has 19 heavy (non-hydrogen) atoms. The Morgan fingerprint density at radius 3 is 2.84 bits per heavy atom. The third-order valence-electron chi connectivity index (χ3n) is 2.87. The minimum Gasteiger partial charge on any atom is -0.298 e. The zero-order valence-electron chi connectivity index (χ0n) is 9.95. The van der Waals surface area contributed by atoms with Gasteiger partial charge in [0.15, 0.2) is 17.8 Å². The zero-order chi connectivity index (χ0) is 13.2. The van der Waals surface area contributed by atoms with Crippen LogP contribution in [-0.2, 0) is 6.42 Å². The van der Waals surface area contributed by atoms with Crippen LogP contribution in [0.4, 0.5) is 0 Å². The molecule has 0 aliphatic heterocycles. The Morgan fingerprint density at radius 1 is 1.21 bits per heavy atom. The predicted molar refractivity (Wildman–Crippen MR) is 75.3 cm³/mol. The fourth-order valence-electron chi connectivity index (χ4n) is 1.95. The van der Waals surface area contributed by atoms with E-state index in [0.29, 0.717) is 23.5 Å². The Labute approximate surface area is 118 Å². The first-order chi connectivity index (χ1) is 9.28. The number of hydrogen-bond acceptors (Lipinski definition) is 3. The monoisotopic (exact) mass is 315 g/mol. The summed E-state index contributed by atoms with van der Waals surface area (Å²) < 4.78 is 2.67. The van der Waals surface area contributed by atoms with Gasteiger partial charge in [0.25, 0.3) is 0 Å². The summed E-state index contributed by atoms with van der Waals surface area (Å²) in [6.45, 7) is 0. The summed E-state index contributed by atoms with van der Waals surface area (Å²) in [5.74, 6) is 0.696. The van der Waals surface area contributed by atoms with E-state index in [4.69, 9.17) is 0 Å². The van der Waals surface area contributed by atoms with E-state index < -0.39 is 0 Å². The highest BCUT2D eigenvalue weighted by molar-refractivity contribution is 9.10. The zero-order valence-corrected chi connectivity index (χ0v) is 11.5. The first-order valence-electron chi connectivity index (χ1n) is 5.81. The first kappa shape index (κ1) is 12.0. The van der Waals surface area contributed by atoms with Gasteiger partial charge in [-0.3, -0.25) is 4.79 Å². The normalized spacial score (nSPS) is 10.8. The molecule has 0 fully saturated rings. The molecule has 94 valence electrons. The number of carbonyl (C=O) groups is 1. The van der Waals surface area contributed by atoms with E-state index in [2.05, 4.69) is 26.0 Å². The van der Waals surface area contributed by atoms with Crippen LogP contribution in [0.15, 0.2) is 47.1 Å². The van der Waals surface area contributed by atoms with E-state index in [0.717, 1.165) is 16.3 Å². The molecule has 0 atom stereocenters. The van der Waals surface area contributed by atoms with Gasteiger partial charge in [0, 0.05) is 17.1 Å². The SMILES string of the molecule is O=Cc1cccn2nc(Cc3ccccc3Br)nc12. The van der Waals surface area contributed by atoms with Crippen LogP contribution in [0.25, 0.3) is 5.65 Å². The summed E-state index contributed by atoms with van der Waals surface area (Å²) in [7, 11) is 0. The van der Waals surface area contributed by atoms with E-state index in [9.17, 15) is 4.79 Å². The van der Waals surface area contributed by atoms with Crippen molar-refractivity contribution in [2.75, 3.05) is 0 Å². The van der Waals surface area contributed by atoms with Crippen LogP contribution < -0.4 is 0 Å². The van der Waals surface area contributed by atoms with Crippen molar-refractivity contribution in [1.29, 1.82) is 0 Å². The molecule has 2 heterocycles. The first-order valence-corrected chi connectivity index (χ1v) is 6.60. The lowest BCUT2D eigenvalue weighted by molar-refractivity contribution is 0.112. The van der Waals surface area contributed by atoms with E-state index in [-0.39, 0.29) is 0 Å². The maximum atomic E-state index is 11.0. The quantitative estimate of drug-likeness (QED) is 0.698. The molecule has 2 aromatic heterocycles. The van der Waals surface area contributed by atoms with Gasteiger partial charge in [0.2, 0.25) is 0 Å². The number of nitrogens with zero attached hydrogens (tertiary/aromatic N) is 3. The number of aromatic nitrogens is 3. The third-order valence-corrected chi connectivity index (χ3v) is 3.64. The van der Waals surface area contributed by atoms with Gasteiger partial charge in [-0.2, -0.15) is 5.10 Å². The van der Waals surface area contributed by atoms with Gasteiger partial charge in [0.05, 0.1) is 5.56 Å². The van der Waals surface area contributed by atoms with Crippen LogP contribution in [0.5, 0.6) is 0 Å². The Bertz CT molecular complexity index is 751. The molecule has 0 amide bonds. The smallest absolute Gasteiger partial charge is 0.166 e. The maximum absolute atomic E-state index is 11.0. The van der Waals surface area contributed by atoms with E-state index in [1.165, 1.54) is 0 Å². The Kier molecular flexibility index (Phi) is 3.13. The van der Waals surface area contributed by atoms with Crippen molar-refractivity contribution in [2.45, 2.75) is 6.42 Å². The van der Waals surface area contributed by atoms with Gasteiger partial charge in [-0.1, -0.05) is 34.1 Å². The standard InChI is InChI=1S/C14H10BrN3O/c15-12-6-2-1-4-10(12)8-13-16-14-11(9-19)5-3-7-18(14)17-13/h1-7,9H,8H2. The number of carbonyl (C=O) groups excluding carboxylic acids is 1. The summed E-state index contributed by atoms with van der Waals surface area (Å²) >= 11 is 3.51. The topological polar surface area (TPSA) is 47.3 Å². The van der Waals surface area contributed by atoms with Crippen molar-refractivity contribution < 1.29 is 4.79 Å². The lowest BCUT2D eigenvalue weighted by atomic mass is 10.1. The highest BCUT2D eigenvalue weighted by Gasteiger charge is 2.09. The van der Waals surface area contributed by atoms with Crippen molar-refractivity contribution in [3.05, 3.63) is 64.0 Å². The number of pyridine rings is 1. The van der Waals surface area contributed by atoms with Crippen molar-refractivity contribution >= 4 is 27.9 Å². The summed E-state index contributed by atoms with van der Waals surface area (Å²) in [6, 6.07) is 11.5. The average Bonchev–Trinajstić information content (AvgIpc) is 2.83. The predicted octanol–water partition coefficient (Wildman–Crippen LogP) is 2.90. The lowest BCUT2D eigenvalue weighted by Crippen LogP contribution is -1.93. The Morgan fingerprint density at radius 2 is 2.05 bits per heavy atom. The van der Waals surface area contributed by atoms with Gasteiger partial charge >= 0.3 is 0 Å². The Balaban J connectivity index is 2.03. The molecular weight excluding hydrogens is 306 g/mol. The highest BCUT2D eigenvalue weighted by atomic mass is 79.9.